The summed E-state index contributed by atoms with van der Waals surface area (Å²) in [6.45, 7) is 5.17. The third-order valence-electron chi connectivity index (χ3n) is 6.22. The van der Waals surface area contributed by atoms with Crippen LogP contribution in [0.2, 0.25) is 5.02 Å². The molecule has 12 heteroatoms. The lowest BCUT2D eigenvalue weighted by Gasteiger charge is -2.21. The first-order valence-corrected chi connectivity index (χ1v) is 11.7. The predicted molar refractivity (Wildman–Crippen MR) is 135 cm³/mol. The van der Waals surface area contributed by atoms with E-state index >= 15 is 0 Å². The molecule has 0 amide bonds. The Hall–Kier alpha value is -4.09. The van der Waals surface area contributed by atoms with E-state index in [-0.39, 0.29) is 5.41 Å². The third-order valence-corrected chi connectivity index (χ3v) is 6.51. The molecule has 1 aromatic carbocycles. The molecule has 6 rings (SSSR count). The topological polar surface area (TPSA) is 126 Å². The van der Waals surface area contributed by atoms with Gasteiger partial charge in [-0.2, -0.15) is 5.10 Å². The summed E-state index contributed by atoms with van der Waals surface area (Å²) in [5.74, 6) is 2.14. The summed E-state index contributed by atoms with van der Waals surface area (Å²) in [6.07, 6.45) is 5.91. The number of hydrogen-bond donors (Lipinski definition) is 2. The van der Waals surface area contributed by atoms with Gasteiger partial charge in [0, 0.05) is 36.5 Å². The molecule has 182 valence electrons. The highest BCUT2D eigenvalue weighted by molar-refractivity contribution is 6.32. The standard InChI is InChI=1S/C24H22ClN9O2/c1-24(2)11-33(10-19(24)35)23-26-9-17-21(32-23)22(29-12-27-17)31-14-3-4-18(16(25)7-14)36-15-5-6-34-20(8-15)28-13-30-34/h3-9,12-13,19,35H,10-11H2,1-2H3,(H,27,29,31)/t19-/m1/s1. The van der Waals surface area contributed by atoms with Crippen molar-refractivity contribution in [1.82, 2.24) is 34.5 Å². The molecule has 1 fully saturated rings. The number of aliphatic hydroxyl groups is 1. The lowest BCUT2D eigenvalue weighted by atomic mass is 9.90. The molecule has 11 nitrogen and oxygen atoms in total. The molecule has 1 aliphatic heterocycles. The number of pyridine rings is 1. The van der Waals surface area contributed by atoms with Gasteiger partial charge in [0.05, 0.1) is 17.3 Å². The van der Waals surface area contributed by atoms with Crippen LogP contribution >= 0.6 is 11.6 Å². The van der Waals surface area contributed by atoms with Crippen LogP contribution < -0.4 is 15.0 Å². The van der Waals surface area contributed by atoms with Crippen LogP contribution in [0.25, 0.3) is 16.7 Å². The van der Waals surface area contributed by atoms with E-state index in [1.165, 1.54) is 12.7 Å². The van der Waals surface area contributed by atoms with Gasteiger partial charge in [-0.3, -0.25) is 0 Å². The average Bonchev–Trinajstić information content (AvgIpc) is 3.43. The largest absolute Gasteiger partial charge is 0.456 e. The summed E-state index contributed by atoms with van der Waals surface area (Å²) in [4.78, 5) is 24.0. The average molecular weight is 504 g/mol. The first-order chi connectivity index (χ1) is 17.4. The van der Waals surface area contributed by atoms with E-state index in [9.17, 15) is 5.11 Å². The molecule has 0 bridgehead atoms. The van der Waals surface area contributed by atoms with Gasteiger partial charge in [-0.05, 0) is 24.3 Å². The first kappa shape index (κ1) is 22.4. The van der Waals surface area contributed by atoms with E-state index in [0.29, 0.717) is 63.7 Å². The number of ether oxygens (including phenoxy) is 1. The molecule has 5 aromatic rings. The van der Waals surface area contributed by atoms with Gasteiger partial charge in [-0.15, -0.1) is 0 Å². The second-order valence-corrected chi connectivity index (χ2v) is 9.72. The van der Waals surface area contributed by atoms with Crippen LogP contribution in [0.5, 0.6) is 11.5 Å². The second kappa shape index (κ2) is 8.54. The van der Waals surface area contributed by atoms with Gasteiger partial charge in [-0.25, -0.2) is 29.4 Å². The number of β-amino-alcohol motifs (C(OH)–C–C–N with tert-alkyl or cyclic N) is 1. The smallest absolute Gasteiger partial charge is 0.226 e. The normalized spacial score (nSPS) is 17.1. The van der Waals surface area contributed by atoms with E-state index in [1.807, 2.05) is 24.8 Å². The van der Waals surface area contributed by atoms with Gasteiger partial charge in [0.25, 0.3) is 0 Å². The van der Waals surface area contributed by atoms with Gasteiger partial charge in [-0.1, -0.05) is 25.4 Å². The summed E-state index contributed by atoms with van der Waals surface area (Å²) < 4.78 is 7.60. The Balaban J connectivity index is 1.25. The Morgan fingerprint density at radius 2 is 2.00 bits per heavy atom. The van der Waals surface area contributed by atoms with Crippen molar-refractivity contribution in [3.05, 3.63) is 60.4 Å². The monoisotopic (exact) mass is 503 g/mol. The zero-order valence-electron chi connectivity index (χ0n) is 19.5. The fourth-order valence-corrected chi connectivity index (χ4v) is 4.36. The van der Waals surface area contributed by atoms with E-state index in [4.69, 9.17) is 21.3 Å². The fraction of sp³-hybridized carbons (Fsp3) is 0.250. The van der Waals surface area contributed by atoms with Crippen LogP contribution in [-0.4, -0.2) is 58.8 Å². The highest BCUT2D eigenvalue weighted by Gasteiger charge is 2.39. The predicted octanol–water partition coefficient (Wildman–Crippen LogP) is 3.86. The first-order valence-electron chi connectivity index (χ1n) is 11.3. The molecule has 4 aromatic heterocycles. The van der Waals surface area contributed by atoms with Gasteiger partial charge < -0.3 is 20.1 Å². The zero-order chi connectivity index (χ0) is 24.9. The minimum absolute atomic E-state index is 0.242. The molecule has 5 heterocycles. The number of aliphatic hydroxyl groups excluding tert-OH is 1. The Kier molecular flexibility index (Phi) is 5.31. The number of nitrogens with one attached hydrogen (secondary N) is 1. The van der Waals surface area contributed by atoms with Crippen LogP contribution in [-0.2, 0) is 0 Å². The molecule has 0 unspecified atom stereocenters. The Labute approximate surface area is 210 Å². The van der Waals surface area contributed by atoms with E-state index < -0.39 is 6.10 Å². The number of aromatic nitrogens is 7. The van der Waals surface area contributed by atoms with Crippen molar-refractivity contribution in [1.29, 1.82) is 0 Å². The molecule has 0 saturated carbocycles. The molecule has 1 saturated heterocycles. The summed E-state index contributed by atoms with van der Waals surface area (Å²) in [5.41, 5.74) is 2.31. The molecule has 36 heavy (non-hydrogen) atoms. The molecular weight excluding hydrogens is 482 g/mol. The minimum Gasteiger partial charge on any atom is -0.456 e. The summed E-state index contributed by atoms with van der Waals surface area (Å²) >= 11 is 6.53. The maximum atomic E-state index is 10.4. The van der Waals surface area contributed by atoms with Crippen LogP contribution in [0, 0.1) is 5.41 Å². The zero-order valence-corrected chi connectivity index (χ0v) is 20.3. The molecule has 0 spiro atoms. The molecule has 0 radical (unpaired) electrons. The number of halogens is 1. The maximum absolute atomic E-state index is 10.4. The molecular formula is C24H22ClN9O2. The van der Waals surface area contributed by atoms with Crippen LogP contribution in [0.4, 0.5) is 17.5 Å². The molecule has 1 atom stereocenters. The SMILES string of the molecule is CC1(C)CN(c2ncc3ncnc(Nc4ccc(Oc5ccn6ncnc6c5)c(Cl)c4)c3n2)C[C@H]1O. The quantitative estimate of drug-likeness (QED) is 0.365. The molecule has 1 aliphatic rings. The van der Waals surface area contributed by atoms with Crippen molar-refractivity contribution in [2.24, 2.45) is 5.41 Å². The number of benzene rings is 1. The summed E-state index contributed by atoms with van der Waals surface area (Å²) in [7, 11) is 0. The third kappa shape index (κ3) is 4.12. The lowest BCUT2D eigenvalue weighted by Crippen LogP contribution is -2.26. The van der Waals surface area contributed by atoms with Crippen molar-refractivity contribution in [2.75, 3.05) is 23.3 Å². The van der Waals surface area contributed by atoms with Gasteiger partial charge >= 0.3 is 0 Å². The lowest BCUT2D eigenvalue weighted by molar-refractivity contribution is 0.0964. The maximum Gasteiger partial charge on any atom is 0.226 e. The van der Waals surface area contributed by atoms with Crippen LogP contribution in [0.15, 0.2) is 55.4 Å². The second-order valence-electron chi connectivity index (χ2n) is 9.31. The highest BCUT2D eigenvalue weighted by atomic mass is 35.5. The molecule has 0 aliphatic carbocycles. The number of fused-ring (bicyclic) bond motifs is 2. The van der Waals surface area contributed by atoms with Crippen LogP contribution in [0.1, 0.15) is 13.8 Å². The Bertz CT molecular complexity index is 1590. The Morgan fingerprint density at radius 3 is 2.81 bits per heavy atom. The van der Waals surface area contributed by atoms with Crippen LogP contribution in [0.3, 0.4) is 0 Å². The van der Waals surface area contributed by atoms with Crippen molar-refractivity contribution in [3.63, 3.8) is 0 Å². The number of anilines is 3. The van der Waals surface area contributed by atoms with Crippen molar-refractivity contribution < 1.29 is 9.84 Å². The summed E-state index contributed by atoms with van der Waals surface area (Å²) in [6, 6.07) is 8.93. The Morgan fingerprint density at radius 1 is 1.11 bits per heavy atom. The van der Waals surface area contributed by atoms with Crippen molar-refractivity contribution in [3.8, 4) is 11.5 Å². The van der Waals surface area contributed by atoms with E-state index in [0.717, 1.165) is 0 Å². The highest BCUT2D eigenvalue weighted by Crippen LogP contribution is 2.34. The van der Waals surface area contributed by atoms with Crippen molar-refractivity contribution in [2.45, 2.75) is 20.0 Å². The van der Waals surface area contributed by atoms with Gasteiger partial charge in [0.1, 0.15) is 35.2 Å². The van der Waals surface area contributed by atoms with Gasteiger partial charge in [0.2, 0.25) is 5.95 Å². The van der Waals surface area contributed by atoms with Crippen molar-refractivity contribution >= 4 is 45.7 Å². The fourth-order valence-electron chi connectivity index (χ4n) is 4.14. The minimum atomic E-state index is -0.456. The number of hydrogen-bond acceptors (Lipinski definition) is 10. The summed E-state index contributed by atoms with van der Waals surface area (Å²) in [5, 5.41) is 18.1. The van der Waals surface area contributed by atoms with E-state index in [1.54, 1.807) is 41.2 Å². The number of rotatable bonds is 5. The number of nitrogens with zero attached hydrogens (tertiary/aromatic N) is 8. The van der Waals surface area contributed by atoms with Gasteiger partial charge in [0.15, 0.2) is 11.5 Å². The van der Waals surface area contributed by atoms with E-state index in [2.05, 4.69) is 30.4 Å². The molecule has 2 N–H and O–H groups in total.